The van der Waals surface area contributed by atoms with Gasteiger partial charge in [-0.3, -0.25) is 9.59 Å². The molecule has 0 unspecified atom stereocenters. The highest BCUT2D eigenvalue weighted by Crippen LogP contribution is 2.42. The predicted octanol–water partition coefficient (Wildman–Crippen LogP) is 4.91. The zero-order chi connectivity index (χ0) is 21.9. The highest BCUT2D eigenvalue weighted by Gasteiger charge is 2.42. The molecule has 1 saturated heterocycles. The molecule has 1 heterocycles. The number of thioether (sulfide) groups is 1. The van der Waals surface area contributed by atoms with Crippen LogP contribution in [0.1, 0.15) is 61.0 Å². The van der Waals surface area contributed by atoms with Crippen molar-refractivity contribution in [1.82, 2.24) is 10.2 Å². The Balaban J connectivity index is 1.94. The monoisotopic (exact) mass is 428 g/mol. The summed E-state index contributed by atoms with van der Waals surface area (Å²) in [5, 5.41) is 2.49. The highest BCUT2D eigenvalue weighted by atomic mass is 32.2. The van der Waals surface area contributed by atoms with Gasteiger partial charge in [-0.1, -0.05) is 52.0 Å². The molecule has 0 radical (unpaired) electrons. The number of hydrogen-bond acceptors (Lipinski definition) is 3. The van der Waals surface area contributed by atoms with E-state index >= 15 is 0 Å². The lowest BCUT2D eigenvalue weighted by molar-refractivity contribution is -0.124. The van der Waals surface area contributed by atoms with Gasteiger partial charge in [0, 0.05) is 17.9 Å². The fourth-order valence-electron chi connectivity index (χ4n) is 3.50. The number of carbonyl (C=O) groups is 2. The van der Waals surface area contributed by atoms with Crippen molar-refractivity contribution in [1.29, 1.82) is 0 Å². The maximum Gasteiger partial charge on any atom is 0.255 e. The van der Waals surface area contributed by atoms with E-state index in [9.17, 15) is 14.0 Å². The van der Waals surface area contributed by atoms with Crippen LogP contribution in [-0.2, 0) is 10.2 Å². The lowest BCUT2D eigenvalue weighted by Crippen LogP contribution is -2.48. The molecule has 0 aliphatic carbocycles. The van der Waals surface area contributed by atoms with Gasteiger partial charge in [-0.25, -0.2) is 4.39 Å². The molecule has 30 heavy (non-hydrogen) atoms. The van der Waals surface area contributed by atoms with Gasteiger partial charge in [-0.05, 0) is 47.2 Å². The zero-order valence-corrected chi connectivity index (χ0v) is 18.8. The molecule has 1 aliphatic heterocycles. The molecule has 160 valence electrons. The third-order valence-corrected chi connectivity index (χ3v) is 6.54. The summed E-state index contributed by atoms with van der Waals surface area (Å²) in [6.07, 6.45) is 0.821. The number of benzene rings is 2. The molecule has 4 nitrogen and oxygen atoms in total. The van der Waals surface area contributed by atoms with E-state index in [0.717, 1.165) is 12.0 Å². The predicted molar refractivity (Wildman–Crippen MR) is 120 cm³/mol. The standard InChI is InChI=1S/C24H29FN2O2S/c1-5-13-26-21(28)20-15-30-23(17-7-6-8-19(25)14-17)27(20)22(29)16-9-11-18(12-10-16)24(2,3)4/h6-12,14,20,23H,5,13,15H2,1-4H3,(H,26,28)/t20-,23+/m0/s1. The molecule has 1 fully saturated rings. The summed E-state index contributed by atoms with van der Waals surface area (Å²) in [7, 11) is 0. The highest BCUT2D eigenvalue weighted by molar-refractivity contribution is 7.99. The minimum absolute atomic E-state index is 0.0161. The largest absolute Gasteiger partial charge is 0.354 e. The molecule has 0 bridgehead atoms. The molecule has 1 aliphatic rings. The first kappa shape index (κ1) is 22.3. The van der Waals surface area contributed by atoms with Gasteiger partial charge in [0.25, 0.3) is 5.91 Å². The summed E-state index contributed by atoms with van der Waals surface area (Å²) in [6.45, 7) is 8.91. The number of halogens is 1. The van der Waals surface area contributed by atoms with Crippen LogP contribution in [0.3, 0.4) is 0 Å². The van der Waals surface area contributed by atoms with Gasteiger partial charge in [0.15, 0.2) is 0 Å². The average Bonchev–Trinajstić information content (AvgIpc) is 3.16. The Morgan fingerprint density at radius 2 is 1.87 bits per heavy atom. The van der Waals surface area contributed by atoms with Gasteiger partial charge in [-0.15, -0.1) is 11.8 Å². The van der Waals surface area contributed by atoms with Gasteiger partial charge in [-0.2, -0.15) is 0 Å². The first-order chi connectivity index (χ1) is 14.2. The molecule has 0 spiro atoms. The fourth-order valence-corrected chi connectivity index (χ4v) is 4.92. The summed E-state index contributed by atoms with van der Waals surface area (Å²) in [5.41, 5.74) is 2.33. The lowest BCUT2D eigenvalue weighted by Gasteiger charge is -2.29. The molecular formula is C24H29FN2O2S. The van der Waals surface area contributed by atoms with Crippen LogP contribution in [0.15, 0.2) is 48.5 Å². The van der Waals surface area contributed by atoms with Crippen LogP contribution in [0.5, 0.6) is 0 Å². The molecule has 2 atom stereocenters. The number of nitrogens with zero attached hydrogens (tertiary/aromatic N) is 1. The van der Waals surface area contributed by atoms with E-state index < -0.39 is 11.4 Å². The Kier molecular flexibility index (Phi) is 6.86. The molecule has 3 rings (SSSR count). The molecular weight excluding hydrogens is 399 g/mol. The van der Waals surface area contributed by atoms with Crippen LogP contribution < -0.4 is 5.32 Å². The van der Waals surface area contributed by atoms with E-state index in [-0.39, 0.29) is 23.0 Å². The van der Waals surface area contributed by atoms with Crippen LogP contribution in [0.4, 0.5) is 4.39 Å². The topological polar surface area (TPSA) is 49.4 Å². The Bertz CT molecular complexity index is 908. The average molecular weight is 429 g/mol. The van der Waals surface area contributed by atoms with Crippen molar-refractivity contribution in [3.63, 3.8) is 0 Å². The van der Waals surface area contributed by atoms with E-state index in [1.54, 1.807) is 17.0 Å². The zero-order valence-electron chi connectivity index (χ0n) is 17.9. The van der Waals surface area contributed by atoms with Crippen molar-refractivity contribution in [3.8, 4) is 0 Å². The number of rotatable bonds is 5. The molecule has 2 aromatic rings. The van der Waals surface area contributed by atoms with E-state index in [4.69, 9.17) is 0 Å². The van der Waals surface area contributed by atoms with E-state index in [1.165, 1.54) is 23.9 Å². The SMILES string of the molecule is CCCNC(=O)[C@@H]1CS[C@H](c2cccc(F)c2)N1C(=O)c1ccc(C(C)(C)C)cc1. The Morgan fingerprint density at radius 1 is 1.17 bits per heavy atom. The molecule has 0 saturated carbocycles. The Hall–Kier alpha value is -2.34. The van der Waals surface area contributed by atoms with Crippen molar-refractivity contribution in [3.05, 3.63) is 71.0 Å². The van der Waals surface area contributed by atoms with E-state index in [0.29, 0.717) is 23.4 Å². The van der Waals surface area contributed by atoms with Crippen LogP contribution in [0.2, 0.25) is 0 Å². The second kappa shape index (κ2) is 9.21. The minimum Gasteiger partial charge on any atom is -0.354 e. The number of carbonyl (C=O) groups excluding carboxylic acids is 2. The fraction of sp³-hybridized carbons (Fsp3) is 0.417. The van der Waals surface area contributed by atoms with E-state index in [1.807, 2.05) is 31.2 Å². The van der Waals surface area contributed by atoms with E-state index in [2.05, 4.69) is 26.1 Å². The van der Waals surface area contributed by atoms with Gasteiger partial charge in [0.1, 0.15) is 17.2 Å². The van der Waals surface area contributed by atoms with Crippen LogP contribution in [0.25, 0.3) is 0 Å². The first-order valence-electron chi connectivity index (χ1n) is 10.3. The van der Waals surface area contributed by atoms with Crippen molar-refractivity contribution >= 4 is 23.6 Å². The second-order valence-electron chi connectivity index (χ2n) is 8.59. The van der Waals surface area contributed by atoms with Crippen LogP contribution in [-0.4, -0.2) is 35.1 Å². The summed E-state index contributed by atoms with van der Waals surface area (Å²) < 4.78 is 13.9. The van der Waals surface area contributed by atoms with Crippen molar-refractivity contribution in [2.75, 3.05) is 12.3 Å². The third-order valence-electron chi connectivity index (χ3n) is 5.22. The lowest BCUT2D eigenvalue weighted by atomic mass is 9.86. The molecule has 2 amide bonds. The summed E-state index contributed by atoms with van der Waals surface area (Å²) in [5.74, 6) is -0.258. The second-order valence-corrected chi connectivity index (χ2v) is 9.70. The smallest absolute Gasteiger partial charge is 0.255 e. The quantitative estimate of drug-likeness (QED) is 0.736. The first-order valence-corrected chi connectivity index (χ1v) is 11.3. The number of nitrogens with one attached hydrogen (secondary N) is 1. The third kappa shape index (κ3) is 4.86. The Labute approximate surface area is 182 Å². The summed E-state index contributed by atoms with van der Waals surface area (Å²) in [4.78, 5) is 27.9. The molecule has 6 heteroatoms. The van der Waals surface area contributed by atoms with Gasteiger partial charge in [0.2, 0.25) is 5.91 Å². The minimum atomic E-state index is -0.593. The van der Waals surface area contributed by atoms with Gasteiger partial charge in [0.05, 0.1) is 0 Å². The van der Waals surface area contributed by atoms with Crippen molar-refractivity contribution < 1.29 is 14.0 Å². The molecule has 0 aromatic heterocycles. The maximum absolute atomic E-state index is 13.9. The van der Waals surface area contributed by atoms with Crippen LogP contribution >= 0.6 is 11.8 Å². The van der Waals surface area contributed by atoms with Crippen LogP contribution in [0, 0.1) is 5.82 Å². The molecule has 2 aromatic carbocycles. The van der Waals surface area contributed by atoms with Crippen molar-refractivity contribution in [2.24, 2.45) is 0 Å². The maximum atomic E-state index is 13.9. The van der Waals surface area contributed by atoms with Gasteiger partial charge < -0.3 is 10.2 Å². The number of amides is 2. The van der Waals surface area contributed by atoms with Crippen molar-refractivity contribution in [2.45, 2.75) is 50.9 Å². The summed E-state index contributed by atoms with van der Waals surface area (Å²) >= 11 is 1.49. The summed E-state index contributed by atoms with van der Waals surface area (Å²) in [6, 6.07) is 13.2. The normalized spacial score (nSPS) is 19.0. The Morgan fingerprint density at radius 3 is 2.47 bits per heavy atom. The molecule has 1 N–H and O–H groups in total. The van der Waals surface area contributed by atoms with Gasteiger partial charge >= 0.3 is 0 Å². The number of hydrogen-bond donors (Lipinski definition) is 1.